The lowest BCUT2D eigenvalue weighted by Gasteiger charge is -2.09. The molecule has 0 fully saturated rings. The summed E-state index contributed by atoms with van der Waals surface area (Å²) >= 11 is 0. The van der Waals surface area contributed by atoms with Crippen molar-refractivity contribution < 1.29 is 24.7 Å². The molecule has 1 aromatic carbocycles. The number of nitro groups is 1. The van der Waals surface area contributed by atoms with Crippen molar-refractivity contribution in [3.05, 3.63) is 57.9 Å². The zero-order valence-corrected chi connectivity index (χ0v) is 12.8. The fourth-order valence-electron chi connectivity index (χ4n) is 1.87. The van der Waals surface area contributed by atoms with Crippen LogP contribution in [0.1, 0.15) is 20.7 Å². The number of carbonyl (C=O) groups is 2. The SMILES string of the molecule is Cl.Cl.O=C(O)c1cncc(C(=O)O)c1-c1cccc([N+](=O)[O-])c1. The van der Waals surface area contributed by atoms with Gasteiger partial charge in [0.2, 0.25) is 0 Å². The monoisotopic (exact) mass is 360 g/mol. The number of aromatic carboxylic acids is 2. The lowest BCUT2D eigenvalue weighted by atomic mass is 9.96. The van der Waals surface area contributed by atoms with Crippen molar-refractivity contribution in [1.29, 1.82) is 0 Å². The van der Waals surface area contributed by atoms with Crippen LogP contribution in [0.15, 0.2) is 36.7 Å². The van der Waals surface area contributed by atoms with Crippen LogP contribution >= 0.6 is 24.8 Å². The van der Waals surface area contributed by atoms with E-state index < -0.39 is 16.9 Å². The maximum atomic E-state index is 11.2. The highest BCUT2D eigenvalue weighted by Gasteiger charge is 2.21. The Morgan fingerprint density at radius 1 is 1.04 bits per heavy atom. The minimum atomic E-state index is -1.37. The summed E-state index contributed by atoms with van der Waals surface area (Å²) in [6, 6.07) is 5.10. The molecule has 0 saturated carbocycles. The third-order valence-corrected chi connectivity index (χ3v) is 2.75. The number of nitro benzene ring substituents is 1. The molecule has 0 spiro atoms. The highest BCUT2D eigenvalue weighted by molar-refractivity contribution is 6.04. The number of hydrogen-bond donors (Lipinski definition) is 2. The van der Waals surface area contributed by atoms with E-state index in [1.54, 1.807) is 0 Å². The summed E-state index contributed by atoms with van der Waals surface area (Å²) in [6.07, 6.45) is 2.01. The molecule has 0 bridgehead atoms. The molecule has 0 unspecified atom stereocenters. The van der Waals surface area contributed by atoms with E-state index in [-0.39, 0.29) is 52.8 Å². The van der Waals surface area contributed by atoms with Crippen LogP contribution in [0.5, 0.6) is 0 Å². The zero-order chi connectivity index (χ0) is 15.6. The number of pyridine rings is 1. The van der Waals surface area contributed by atoms with E-state index in [4.69, 9.17) is 10.2 Å². The Labute approximate surface area is 141 Å². The Morgan fingerprint density at radius 2 is 1.57 bits per heavy atom. The Balaban J connectivity index is 0.00000242. The van der Waals surface area contributed by atoms with Crippen molar-refractivity contribution in [2.24, 2.45) is 0 Å². The zero-order valence-electron chi connectivity index (χ0n) is 11.2. The molecule has 0 atom stereocenters. The molecule has 1 aromatic heterocycles. The quantitative estimate of drug-likeness (QED) is 0.632. The predicted molar refractivity (Wildman–Crippen MR) is 84.7 cm³/mol. The third-order valence-electron chi connectivity index (χ3n) is 2.75. The number of hydrogen-bond acceptors (Lipinski definition) is 5. The second-order valence-corrected chi connectivity index (χ2v) is 4.03. The number of halogens is 2. The molecular weight excluding hydrogens is 351 g/mol. The van der Waals surface area contributed by atoms with Crippen LogP contribution < -0.4 is 0 Å². The Morgan fingerprint density at radius 3 is 2.00 bits per heavy atom. The van der Waals surface area contributed by atoms with Crippen LogP contribution in [0.4, 0.5) is 5.69 Å². The first-order valence-corrected chi connectivity index (χ1v) is 5.61. The first-order chi connectivity index (χ1) is 9.91. The minimum Gasteiger partial charge on any atom is -0.478 e. The van der Waals surface area contributed by atoms with Crippen molar-refractivity contribution in [1.82, 2.24) is 4.98 Å². The van der Waals surface area contributed by atoms with Crippen LogP contribution in [-0.4, -0.2) is 32.1 Å². The van der Waals surface area contributed by atoms with Crippen molar-refractivity contribution >= 4 is 42.4 Å². The van der Waals surface area contributed by atoms with E-state index >= 15 is 0 Å². The Hall–Kier alpha value is -2.71. The van der Waals surface area contributed by atoms with Gasteiger partial charge in [-0.05, 0) is 5.56 Å². The summed E-state index contributed by atoms with van der Waals surface area (Å²) in [5.74, 6) is -2.74. The van der Waals surface area contributed by atoms with Gasteiger partial charge in [-0.2, -0.15) is 0 Å². The Bertz CT molecular complexity index is 734. The number of nitrogens with zero attached hydrogens (tertiary/aromatic N) is 2. The van der Waals surface area contributed by atoms with Crippen molar-refractivity contribution in [3.8, 4) is 11.1 Å². The molecule has 23 heavy (non-hydrogen) atoms. The fourth-order valence-corrected chi connectivity index (χ4v) is 1.87. The molecule has 0 aliphatic rings. The highest BCUT2D eigenvalue weighted by Crippen LogP contribution is 2.30. The number of benzene rings is 1. The van der Waals surface area contributed by atoms with Crippen LogP contribution in [-0.2, 0) is 0 Å². The number of carboxylic acids is 2. The van der Waals surface area contributed by atoms with Crippen LogP contribution in [0, 0.1) is 10.1 Å². The number of carboxylic acid groups (broad SMARTS) is 2. The molecule has 8 nitrogen and oxygen atoms in total. The molecule has 0 aliphatic heterocycles. The van der Waals surface area contributed by atoms with Crippen molar-refractivity contribution in [2.75, 3.05) is 0 Å². The molecule has 0 radical (unpaired) electrons. The first kappa shape index (κ1) is 20.3. The lowest BCUT2D eigenvalue weighted by Crippen LogP contribution is -2.08. The van der Waals surface area contributed by atoms with Gasteiger partial charge < -0.3 is 10.2 Å². The highest BCUT2D eigenvalue weighted by atomic mass is 35.5. The largest absolute Gasteiger partial charge is 0.478 e. The topological polar surface area (TPSA) is 131 Å². The van der Waals surface area contributed by atoms with Crippen molar-refractivity contribution in [3.63, 3.8) is 0 Å². The van der Waals surface area contributed by atoms with E-state index in [1.165, 1.54) is 18.2 Å². The van der Waals surface area contributed by atoms with Crippen LogP contribution in [0.3, 0.4) is 0 Å². The summed E-state index contributed by atoms with van der Waals surface area (Å²) in [4.78, 5) is 36.2. The summed E-state index contributed by atoms with van der Waals surface area (Å²) in [5.41, 5.74) is -0.933. The van der Waals surface area contributed by atoms with Crippen LogP contribution in [0.2, 0.25) is 0 Å². The maximum Gasteiger partial charge on any atom is 0.337 e. The average molecular weight is 361 g/mol. The smallest absolute Gasteiger partial charge is 0.337 e. The standard InChI is InChI=1S/C13H8N2O6.2ClH/c16-12(17)9-5-14-6-10(13(18)19)11(9)7-2-1-3-8(4-7)15(20)21;;/h1-6H,(H,16,17)(H,18,19);2*1H. The lowest BCUT2D eigenvalue weighted by molar-refractivity contribution is -0.384. The summed E-state index contributed by atoms with van der Waals surface area (Å²) in [7, 11) is 0. The van der Waals surface area contributed by atoms with Crippen LogP contribution in [0.25, 0.3) is 11.1 Å². The van der Waals surface area contributed by atoms with Gasteiger partial charge in [-0.1, -0.05) is 12.1 Å². The molecule has 2 aromatic rings. The van der Waals surface area contributed by atoms with Gasteiger partial charge in [0.05, 0.1) is 16.1 Å². The number of aromatic nitrogens is 1. The Kier molecular flexibility index (Phi) is 7.11. The maximum absolute atomic E-state index is 11.2. The van der Waals surface area contributed by atoms with Crippen molar-refractivity contribution in [2.45, 2.75) is 0 Å². The average Bonchev–Trinajstić information content (AvgIpc) is 2.46. The van der Waals surface area contributed by atoms with Gasteiger partial charge >= 0.3 is 11.9 Å². The minimum absolute atomic E-state index is 0. The molecule has 1 heterocycles. The van der Waals surface area contributed by atoms with E-state index in [2.05, 4.69) is 4.98 Å². The van der Waals surface area contributed by atoms with E-state index in [1.807, 2.05) is 0 Å². The van der Waals surface area contributed by atoms with Gasteiger partial charge in [0.25, 0.3) is 5.69 Å². The normalized spacial score (nSPS) is 9.22. The van der Waals surface area contributed by atoms with Gasteiger partial charge in [0.15, 0.2) is 0 Å². The summed E-state index contributed by atoms with van der Waals surface area (Å²) in [6.45, 7) is 0. The fraction of sp³-hybridized carbons (Fsp3) is 0. The number of non-ortho nitro benzene ring substituents is 1. The van der Waals surface area contributed by atoms with Gasteiger partial charge in [-0.15, -0.1) is 24.8 Å². The molecule has 0 saturated heterocycles. The van der Waals surface area contributed by atoms with Gasteiger partial charge in [0, 0.05) is 30.1 Å². The summed E-state index contributed by atoms with van der Waals surface area (Å²) in [5, 5.41) is 29.1. The summed E-state index contributed by atoms with van der Waals surface area (Å²) < 4.78 is 0. The predicted octanol–water partition coefficient (Wildman–Crippen LogP) is 2.90. The van der Waals surface area contributed by atoms with E-state index in [0.717, 1.165) is 18.5 Å². The molecule has 122 valence electrons. The van der Waals surface area contributed by atoms with E-state index in [0.29, 0.717) is 0 Å². The van der Waals surface area contributed by atoms with Gasteiger partial charge in [-0.3, -0.25) is 15.1 Å². The van der Waals surface area contributed by atoms with Gasteiger partial charge in [0.1, 0.15) is 0 Å². The molecule has 0 amide bonds. The molecule has 0 aliphatic carbocycles. The third kappa shape index (κ3) is 4.15. The second kappa shape index (κ2) is 8.06. The molecule has 2 N–H and O–H groups in total. The number of rotatable bonds is 4. The van der Waals surface area contributed by atoms with Gasteiger partial charge in [-0.25, -0.2) is 9.59 Å². The first-order valence-electron chi connectivity index (χ1n) is 5.61. The second-order valence-electron chi connectivity index (χ2n) is 4.03. The van der Waals surface area contributed by atoms with E-state index in [9.17, 15) is 19.7 Å². The molecule has 10 heteroatoms. The molecular formula is C13H10Cl2N2O6. The molecule has 2 rings (SSSR count).